The Bertz CT molecular complexity index is 314. The molecule has 1 atom stereocenters. The van der Waals surface area contributed by atoms with Crippen molar-refractivity contribution in [3.8, 4) is 0 Å². The maximum atomic E-state index is 5.77. The molecule has 1 aliphatic rings. The number of rotatable bonds is 3. The van der Waals surface area contributed by atoms with Crippen LogP contribution in [0.15, 0.2) is 24.3 Å². The minimum atomic E-state index is 0.648. The zero-order valence-corrected chi connectivity index (χ0v) is 9.91. The molecule has 1 unspecified atom stereocenters. The van der Waals surface area contributed by atoms with Crippen LogP contribution in [0.2, 0.25) is 0 Å². The van der Waals surface area contributed by atoms with Crippen molar-refractivity contribution in [2.24, 2.45) is 5.73 Å². The fraction of sp³-hybridized carbons (Fsp3) is 0.571. The highest BCUT2D eigenvalue weighted by atomic mass is 14.9. The van der Waals surface area contributed by atoms with E-state index in [0.717, 1.165) is 6.42 Å². The van der Waals surface area contributed by atoms with Crippen molar-refractivity contribution < 1.29 is 0 Å². The Hall–Kier alpha value is -0.860. The fourth-order valence-electron chi connectivity index (χ4n) is 2.50. The Balaban J connectivity index is 2.01. The minimum absolute atomic E-state index is 0.648. The Morgan fingerprint density at radius 1 is 1.12 bits per heavy atom. The van der Waals surface area contributed by atoms with E-state index < -0.39 is 0 Å². The fourth-order valence-corrected chi connectivity index (χ4v) is 2.50. The first-order chi connectivity index (χ1) is 7.90. The van der Waals surface area contributed by atoms with Gasteiger partial charge in [0.2, 0.25) is 0 Å². The Morgan fingerprint density at radius 2 is 1.94 bits per heavy atom. The molecule has 1 saturated heterocycles. The van der Waals surface area contributed by atoms with Crippen molar-refractivity contribution in [3.63, 3.8) is 0 Å². The molecule has 2 rings (SSSR count). The molecule has 1 fully saturated rings. The Kier molecular flexibility index (Phi) is 4.37. The second kappa shape index (κ2) is 6.02. The van der Waals surface area contributed by atoms with Crippen molar-refractivity contribution in [2.45, 2.75) is 44.7 Å². The summed E-state index contributed by atoms with van der Waals surface area (Å²) in [5, 5.41) is 3.64. The molecule has 0 radical (unpaired) electrons. The Labute approximate surface area is 98.2 Å². The highest BCUT2D eigenvalue weighted by Gasteiger charge is 2.13. The number of nitrogens with one attached hydrogen (secondary N) is 1. The van der Waals surface area contributed by atoms with Gasteiger partial charge in [0.15, 0.2) is 0 Å². The third kappa shape index (κ3) is 3.06. The molecule has 2 nitrogen and oxygen atoms in total. The average molecular weight is 218 g/mol. The summed E-state index contributed by atoms with van der Waals surface area (Å²) in [5.41, 5.74) is 8.49. The van der Waals surface area contributed by atoms with Crippen molar-refractivity contribution in [2.75, 3.05) is 6.54 Å². The van der Waals surface area contributed by atoms with Crippen LogP contribution in [0, 0.1) is 0 Å². The molecule has 3 N–H and O–H groups in total. The first kappa shape index (κ1) is 11.6. The second-order valence-corrected chi connectivity index (χ2v) is 4.68. The van der Waals surface area contributed by atoms with E-state index in [9.17, 15) is 0 Å². The lowest BCUT2D eigenvalue weighted by atomic mass is 9.98. The predicted octanol–water partition coefficient (Wildman–Crippen LogP) is 2.22. The van der Waals surface area contributed by atoms with Crippen LogP contribution in [0.4, 0.5) is 0 Å². The molecule has 0 bridgehead atoms. The molecule has 1 heterocycles. The summed E-state index contributed by atoms with van der Waals surface area (Å²) in [6.45, 7) is 1.83. The van der Waals surface area contributed by atoms with Crippen molar-refractivity contribution in [1.29, 1.82) is 0 Å². The average Bonchev–Trinajstić information content (AvgIpc) is 2.58. The lowest BCUT2D eigenvalue weighted by Crippen LogP contribution is -2.30. The summed E-state index contributed by atoms with van der Waals surface area (Å²) in [6.07, 6.45) is 6.51. The van der Waals surface area contributed by atoms with Gasteiger partial charge in [0.05, 0.1) is 0 Å². The Morgan fingerprint density at radius 3 is 2.75 bits per heavy atom. The van der Waals surface area contributed by atoms with E-state index in [0.29, 0.717) is 12.6 Å². The van der Waals surface area contributed by atoms with Gasteiger partial charge in [0, 0.05) is 12.6 Å². The highest BCUT2D eigenvalue weighted by molar-refractivity contribution is 5.27. The van der Waals surface area contributed by atoms with E-state index in [1.54, 1.807) is 0 Å². The first-order valence-electron chi connectivity index (χ1n) is 6.40. The van der Waals surface area contributed by atoms with Gasteiger partial charge in [-0.2, -0.15) is 0 Å². The molecule has 1 aromatic carbocycles. The molecule has 1 aliphatic heterocycles. The van der Waals surface area contributed by atoms with Crippen LogP contribution in [0.3, 0.4) is 0 Å². The zero-order valence-electron chi connectivity index (χ0n) is 9.91. The predicted molar refractivity (Wildman–Crippen MR) is 68.3 cm³/mol. The quantitative estimate of drug-likeness (QED) is 0.816. The smallest absolute Gasteiger partial charge is 0.0180 e. The van der Waals surface area contributed by atoms with Crippen molar-refractivity contribution in [3.05, 3.63) is 35.4 Å². The monoisotopic (exact) mass is 218 g/mol. The standard InChI is InChI=1S/C14H22N2/c15-11-13-7-4-3-6-12(13)10-14-8-2-1-5-9-16-14/h3-4,6-7,14,16H,1-2,5,8-11,15H2. The van der Waals surface area contributed by atoms with E-state index in [4.69, 9.17) is 5.73 Å². The zero-order chi connectivity index (χ0) is 11.2. The van der Waals surface area contributed by atoms with Gasteiger partial charge >= 0.3 is 0 Å². The molecule has 0 spiro atoms. The molecule has 88 valence electrons. The van der Waals surface area contributed by atoms with Gasteiger partial charge in [-0.3, -0.25) is 0 Å². The van der Waals surface area contributed by atoms with Crippen LogP contribution in [-0.2, 0) is 13.0 Å². The minimum Gasteiger partial charge on any atom is -0.326 e. The lowest BCUT2D eigenvalue weighted by molar-refractivity contribution is 0.506. The van der Waals surface area contributed by atoms with Crippen LogP contribution >= 0.6 is 0 Å². The van der Waals surface area contributed by atoms with Gasteiger partial charge in [-0.25, -0.2) is 0 Å². The molecule has 16 heavy (non-hydrogen) atoms. The third-order valence-corrected chi connectivity index (χ3v) is 3.47. The molecule has 0 aliphatic carbocycles. The maximum Gasteiger partial charge on any atom is 0.0180 e. The van der Waals surface area contributed by atoms with E-state index >= 15 is 0 Å². The molecule has 2 heteroatoms. The van der Waals surface area contributed by atoms with E-state index in [1.165, 1.54) is 43.4 Å². The highest BCUT2D eigenvalue weighted by Crippen LogP contribution is 2.16. The summed E-state index contributed by atoms with van der Waals surface area (Å²) in [7, 11) is 0. The van der Waals surface area contributed by atoms with Gasteiger partial charge in [0.25, 0.3) is 0 Å². The van der Waals surface area contributed by atoms with Crippen LogP contribution in [0.5, 0.6) is 0 Å². The third-order valence-electron chi connectivity index (χ3n) is 3.47. The van der Waals surface area contributed by atoms with Gasteiger partial charge < -0.3 is 11.1 Å². The summed E-state index contributed by atoms with van der Waals surface area (Å²) in [4.78, 5) is 0. The SMILES string of the molecule is NCc1ccccc1CC1CCCCCN1. The van der Waals surface area contributed by atoms with Gasteiger partial charge in [0.1, 0.15) is 0 Å². The van der Waals surface area contributed by atoms with Gasteiger partial charge in [-0.15, -0.1) is 0 Å². The maximum absolute atomic E-state index is 5.77. The van der Waals surface area contributed by atoms with Gasteiger partial charge in [-0.1, -0.05) is 37.1 Å². The number of hydrogen-bond donors (Lipinski definition) is 2. The van der Waals surface area contributed by atoms with Gasteiger partial charge in [-0.05, 0) is 36.9 Å². The van der Waals surface area contributed by atoms with Crippen molar-refractivity contribution >= 4 is 0 Å². The molecule has 0 aromatic heterocycles. The van der Waals surface area contributed by atoms with Crippen LogP contribution in [-0.4, -0.2) is 12.6 Å². The molecule has 0 saturated carbocycles. The molecule has 1 aromatic rings. The number of nitrogens with two attached hydrogens (primary N) is 1. The summed E-state index contributed by atoms with van der Waals surface area (Å²) >= 11 is 0. The van der Waals surface area contributed by atoms with Crippen molar-refractivity contribution in [1.82, 2.24) is 5.32 Å². The van der Waals surface area contributed by atoms with Crippen LogP contribution < -0.4 is 11.1 Å². The van der Waals surface area contributed by atoms with Crippen LogP contribution in [0.1, 0.15) is 36.8 Å². The first-order valence-corrected chi connectivity index (χ1v) is 6.40. The summed E-state index contributed by atoms with van der Waals surface area (Å²) in [5.74, 6) is 0. The van der Waals surface area contributed by atoms with E-state index in [-0.39, 0.29) is 0 Å². The number of hydrogen-bond acceptors (Lipinski definition) is 2. The van der Waals surface area contributed by atoms with E-state index in [2.05, 4.69) is 29.6 Å². The summed E-state index contributed by atoms with van der Waals surface area (Å²) < 4.78 is 0. The topological polar surface area (TPSA) is 38.0 Å². The van der Waals surface area contributed by atoms with E-state index in [1.807, 2.05) is 0 Å². The lowest BCUT2D eigenvalue weighted by Gasteiger charge is -2.17. The molecular weight excluding hydrogens is 196 g/mol. The largest absolute Gasteiger partial charge is 0.326 e. The van der Waals surface area contributed by atoms with Crippen LogP contribution in [0.25, 0.3) is 0 Å². The normalized spacial score (nSPS) is 21.7. The summed E-state index contributed by atoms with van der Waals surface area (Å²) in [6, 6.07) is 9.20. The number of benzene rings is 1. The second-order valence-electron chi connectivity index (χ2n) is 4.68. The molecular formula is C14H22N2. The molecule has 0 amide bonds.